The molecule has 3 aromatic rings. The molecule has 0 bridgehead atoms. The summed E-state index contributed by atoms with van der Waals surface area (Å²) in [6.45, 7) is 0. The van der Waals surface area contributed by atoms with Crippen molar-refractivity contribution in [1.29, 1.82) is 0 Å². The predicted molar refractivity (Wildman–Crippen MR) is 131 cm³/mol. The molecule has 2 atom stereocenters. The lowest BCUT2D eigenvalue weighted by molar-refractivity contribution is 0.532. The largest absolute Gasteiger partial charge is 0.383 e. The number of allylic oxidation sites excluding steroid dienone is 3. The number of nitrogens with zero attached hydrogens (tertiary/aromatic N) is 3. The smallest absolute Gasteiger partial charge is 0.224 e. The number of hydrogen-bond acceptors (Lipinski definition) is 5. The number of anilines is 1. The number of halogens is 2. The van der Waals surface area contributed by atoms with E-state index in [4.69, 9.17) is 10.9 Å². The van der Waals surface area contributed by atoms with Gasteiger partial charge in [-0.05, 0) is 24.5 Å². The van der Waals surface area contributed by atoms with E-state index in [9.17, 15) is 8.42 Å². The van der Waals surface area contributed by atoms with Crippen LogP contribution in [0.5, 0.6) is 0 Å². The van der Waals surface area contributed by atoms with Crippen LogP contribution >= 0.6 is 15.9 Å². The van der Waals surface area contributed by atoms with Crippen LogP contribution in [-0.2, 0) is 14.8 Å². The third-order valence-corrected chi connectivity index (χ3v) is 9.56. The minimum atomic E-state index is -4.21. The quantitative estimate of drug-likeness (QED) is 0.486. The number of hydrogen-bond donors (Lipinski definition) is 2. The van der Waals surface area contributed by atoms with Crippen molar-refractivity contribution in [1.82, 2.24) is 14.5 Å². The minimum Gasteiger partial charge on any atom is -0.383 e. The van der Waals surface area contributed by atoms with Crippen LogP contribution < -0.4 is 10.9 Å². The highest BCUT2D eigenvalue weighted by Gasteiger charge is 2.48. The molecule has 4 N–H and O–H groups in total. The van der Waals surface area contributed by atoms with Gasteiger partial charge in [0.15, 0.2) is 0 Å². The fourth-order valence-corrected chi connectivity index (χ4v) is 7.52. The Morgan fingerprint density at radius 3 is 2.61 bits per heavy atom. The number of nitrogens with two attached hydrogens (primary N) is 2. The van der Waals surface area contributed by atoms with Gasteiger partial charge < -0.3 is 10.3 Å². The van der Waals surface area contributed by atoms with Crippen LogP contribution in [0.25, 0.3) is 22.2 Å². The Kier molecular flexibility index (Phi) is 5.42. The van der Waals surface area contributed by atoms with Gasteiger partial charge in [-0.15, -0.1) is 0 Å². The van der Waals surface area contributed by atoms with Gasteiger partial charge in [0.05, 0.1) is 10.2 Å². The van der Waals surface area contributed by atoms with Crippen molar-refractivity contribution in [2.24, 2.45) is 5.14 Å². The van der Waals surface area contributed by atoms with Gasteiger partial charge in [-0.25, -0.2) is 27.9 Å². The van der Waals surface area contributed by atoms with Crippen molar-refractivity contribution in [2.75, 3.05) is 5.73 Å². The average molecular weight is 532 g/mol. The Labute approximate surface area is 199 Å². The summed E-state index contributed by atoms with van der Waals surface area (Å²) in [5.74, 6) is -0.360. The van der Waals surface area contributed by atoms with E-state index in [-0.39, 0.29) is 5.56 Å². The number of benzene rings is 1. The maximum absolute atomic E-state index is 15.6. The fraction of sp³-hybridized carbons (Fsp3) is 0.304. The number of fused-ring (bicyclic) bond motifs is 1. The van der Waals surface area contributed by atoms with Gasteiger partial charge in [-0.2, -0.15) is 0 Å². The second-order valence-corrected chi connectivity index (χ2v) is 11.3. The third-order valence-electron chi connectivity index (χ3n) is 6.67. The van der Waals surface area contributed by atoms with Crippen LogP contribution in [0.1, 0.15) is 37.3 Å². The van der Waals surface area contributed by atoms with Crippen LogP contribution in [0.15, 0.2) is 55.0 Å². The van der Waals surface area contributed by atoms with Gasteiger partial charge >= 0.3 is 0 Å². The molecule has 10 heteroatoms. The molecule has 5 rings (SSSR count). The summed E-state index contributed by atoms with van der Waals surface area (Å²) in [7, 11) is -4.21. The molecule has 7 nitrogen and oxygen atoms in total. The van der Waals surface area contributed by atoms with Gasteiger partial charge in [0.2, 0.25) is 10.0 Å². The molecule has 1 saturated carbocycles. The normalized spacial score (nSPS) is 23.5. The average Bonchev–Trinajstić information content (AvgIpc) is 3.42. The molecule has 2 heterocycles. The first-order valence-corrected chi connectivity index (χ1v) is 13.1. The van der Waals surface area contributed by atoms with E-state index in [2.05, 4.69) is 30.5 Å². The van der Waals surface area contributed by atoms with E-state index in [1.807, 2.05) is 6.20 Å². The Hall–Kier alpha value is -2.56. The number of alkyl halides is 1. The highest BCUT2D eigenvalue weighted by Crippen LogP contribution is 2.44. The van der Waals surface area contributed by atoms with Crippen molar-refractivity contribution in [3.05, 3.63) is 66.4 Å². The van der Waals surface area contributed by atoms with E-state index in [1.165, 1.54) is 24.5 Å². The molecule has 0 radical (unpaired) electrons. The van der Waals surface area contributed by atoms with Crippen molar-refractivity contribution < 1.29 is 12.8 Å². The number of sulfonamides is 1. The van der Waals surface area contributed by atoms with Crippen LogP contribution in [0.3, 0.4) is 0 Å². The molecule has 2 aliphatic carbocycles. The van der Waals surface area contributed by atoms with Crippen molar-refractivity contribution in [3.8, 4) is 11.1 Å². The Bertz CT molecular complexity index is 1410. The second kappa shape index (κ2) is 8.03. The topological polar surface area (TPSA) is 117 Å². The summed E-state index contributed by atoms with van der Waals surface area (Å²) in [5, 5.41) is 6.27. The monoisotopic (exact) mass is 531 g/mol. The molecule has 0 saturated heterocycles. The summed E-state index contributed by atoms with van der Waals surface area (Å²) >= 11 is 3.36. The van der Waals surface area contributed by atoms with Gasteiger partial charge in [-0.1, -0.05) is 65.2 Å². The number of aromatic nitrogens is 3. The summed E-state index contributed by atoms with van der Waals surface area (Å²) < 4.78 is 41.3. The predicted octanol–water partition coefficient (Wildman–Crippen LogP) is 4.31. The molecule has 0 aliphatic heterocycles. The number of rotatable bonds is 4. The highest BCUT2D eigenvalue weighted by molar-refractivity contribution is 9.09. The van der Waals surface area contributed by atoms with Crippen LogP contribution in [-0.4, -0.2) is 27.8 Å². The molecule has 172 valence electrons. The van der Waals surface area contributed by atoms with Crippen molar-refractivity contribution >= 4 is 42.8 Å². The lowest BCUT2D eigenvalue weighted by Gasteiger charge is -2.34. The molecule has 1 aromatic carbocycles. The molecule has 2 aliphatic rings. The van der Waals surface area contributed by atoms with Crippen LogP contribution in [0.2, 0.25) is 0 Å². The molecule has 0 spiro atoms. The molecule has 1 fully saturated rings. The summed E-state index contributed by atoms with van der Waals surface area (Å²) in [5.41, 5.74) is 8.17. The van der Waals surface area contributed by atoms with Gasteiger partial charge in [0.1, 0.15) is 28.4 Å². The number of primary sulfonamides is 1. The molecule has 33 heavy (non-hydrogen) atoms. The first kappa shape index (κ1) is 22.2. The lowest BCUT2D eigenvalue weighted by Crippen LogP contribution is -2.46. The first-order chi connectivity index (χ1) is 15.7. The van der Waals surface area contributed by atoms with E-state index < -0.39 is 25.4 Å². The van der Waals surface area contributed by atoms with Crippen molar-refractivity contribution in [3.63, 3.8) is 0 Å². The number of nitrogen functional groups attached to an aromatic ring is 1. The lowest BCUT2D eigenvalue weighted by atomic mass is 9.89. The Morgan fingerprint density at radius 2 is 1.94 bits per heavy atom. The second-order valence-electron chi connectivity index (χ2n) is 8.52. The molecular weight excluding hydrogens is 509 g/mol. The SMILES string of the molecule is Nc1ncnc2c1c(-c1ccc(C3(S(N)(=O)=O)C=CC=CC3Br)c(F)c1)cn2C1CCCC1. The zero-order valence-electron chi connectivity index (χ0n) is 17.7. The zero-order chi connectivity index (χ0) is 23.4. The fourth-order valence-electron chi connectivity index (χ4n) is 5.03. The molecule has 2 unspecified atom stereocenters. The van der Waals surface area contributed by atoms with E-state index in [0.29, 0.717) is 28.4 Å². The maximum Gasteiger partial charge on any atom is 0.224 e. The van der Waals surface area contributed by atoms with Crippen LogP contribution in [0, 0.1) is 5.82 Å². The summed E-state index contributed by atoms with van der Waals surface area (Å²) in [6.07, 6.45) is 14.1. The maximum atomic E-state index is 15.6. The standard InChI is InChI=1S/C23H23BrFN5O2S/c24-19-7-3-4-10-23(19,33(27,31)32)17-9-8-14(11-18(17)25)16-12-30(15-5-1-2-6-15)22-20(16)21(26)28-13-29-22/h3-4,7-13,15,19H,1-2,5-6H2,(H2,26,28,29)(H2,27,31,32). The highest BCUT2D eigenvalue weighted by atomic mass is 79.9. The van der Waals surface area contributed by atoms with E-state index >= 15 is 4.39 Å². The summed E-state index contributed by atoms with van der Waals surface area (Å²) in [6, 6.07) is 4.80. The van der Waals surface area contributed by atoms with E-state index in [0.717, 1.165) is 31.3 Å². The molecule has 2 aromatic heterocycles. The Morgan fingerprint density at radius 1 is 1.18 bits per heavy atom. The molecule has 0 amide bonds. The zero-order valence-corrected chi connectivity index (χ0v) is 20.1. The van der Waals surface area contributed by atoms with E-state index in [1.54, 1.807) is 24.3 Å². The molecular formula is C23H23BrFN5O2S. The van der Waals surface area contributed by atoms with Crippen LogP contribution in [0.4, 0.5) is 10.2 Å². The third kappa shape index (κ3) is 3.43. The van der Waals surface area contributed by atoms with Crippen molar-refractivity contribution in [2.45, 2.75) is 41.3 Å². The Balaban J connectivity index is 1.68. The first-order valence-electron chi connectivity index (χ1n) is 10.7. The van der Waals surface area contributed by atoms with Gasteiger partial charge in [-0.3, -0.25) is 0 Å². The van der Waals surface area contributed by atoms with Gasteiger partial charge in [0, 0.05) is 23.4 Å². The summed E-state index contributed by atoms with van der Waals surface area (Å²) in [4.78, 5) is 7.88. The van der Waals surface area contributed by atoms with Gasteiger partial charge in [0.25, 0.3) is 0 Å². The minimum absolute atomic E-state index is 0.0278.